The average Bonchev–Trinajstić information content (AvgIpc) is 2.33. The maximum Gasteiger partial charge on any atom is 0.416 e. The zero-order chi connectivity index (χ0) is 14.5. The van der Waals surface area contributed by atoms with Crippen molar-refractivity contribution in [3.8, 4) is 0 Å². The highest BCUT2D eigenvalue weighted by molar-refractivity contribution is 5.26. The molecule has 0 aromatic heterocycles. The van der Waals surface area contributed by atoms with Crippen LogP contribution in [0.1, 0.15) is 57.2 Å². The van der Waals surface area contributed by atoms with E-state index >= 15 is 0 Å². The van der Waals surface area contributed by atoms with Crippen LogP contribution in [-0.4, -0.2) is 6.04 Å². The third kappa shape index (κ3) is 5.23. The highest BCUT2D eigenvalue weighted by Crippen LogP contribution is 2.30. The molecule has 108 valence electrons. The van der Waals surface area contributed by atoms with Gasteiger partial charge < -0.3 is 5.32 Å². The van der Waals surface area contributed by atoms with Gasteiger partial charge in [0.05, 0.1) is 5.56 Å². The van der Waals surface area contributed by atoms with Gasteiger partial charge in [-0.05, 0) is 24.1 Å². The molecular formula is C15H22F3N. The fourth-order valence-corrected chi connectivity index (χ4v) is 2.06. The summed E-state index contributed by atoms with van der Waals surface area (Å²) in [4.78, 5) is 0. The van der Waals surface area contributed by atoms with Crippen molar-refractivity contribution in [1.82, 2.24) is 5.32 Å². The molecule has 1 nitrogen and oxygen atoms in total. The summed E-state index contributed by atoms with van der Waals surface area (Å²) >= 11 is 0. The van der Waals surface area contributed by atoms with E-state index in [2.05, 4.69) is 12.2 Å². The predicted octanol–water partition coefficient (Wildman–Crippen LogP) is 4.93. The van der Waals surface area contributed by atoms with E-state index in [-0.39, 0.29) is 6.04 Å². The number of rotatable bonds is 6. The molecule has 0 spiro atoms. The highest BCUT2D eigenvalue weighted by Gasteiger charge is 2.30. The molecule has 1 unspecified atom stereocenters. The molecule has 0 aliphatic carbocycles. The number of alkyl halides is 3. The van der Waals surface area contributed by atoms with Crippen molar-refractivity contribution in [2.24, 2.45) is 0 Å². The summed E-state index contributed by atoms with van der Waals surface area (Å²) in [5, 5.41) is 3.41. The molecule has 4 heteroatoms. The lowest BCUT2D eigenvalue weighted by atomic mass is 9.99. The summed E-state index contributed by atoms with van der Waals surface area (Å²) in [5.74, 6) is 0. The molecule has 0 amide bonds. The van der Waals surface area contributed by atoms with Gasteiger partial charge in [-0.25, -0.2) is 0 Å². The Hall–Kier alpha value is -1.03. The molecule has 1 N–H and O–H groups in total. The first-order chi connectivity index (χ1) is 8.84. The molecule has 0 saturated carbocycles. The van der Waals surface area contributed by atoms with Crippen molar-refractivity contribution in [1.29, 1.82) is 0 Å². The van der Waals surface area contributed by atoms with Gasteiger partial charge in [-0.3, -0.25) is 0 Å². The Morgan fingerprint density at radius 2 is 1.68 bits per heavy atom. The van der Waals surface area contributed by atoms with E-state index in [1.807, 2.05) is 13.8 Å². The van der Waals surface area contributed by atoms with Gasteiger partial charge in [0.1, 0.15) is 0 Å². The van der Waals surface area contributed by atoms with E-state index in [1.165, 1.54) is 0 Å². The van der Waals surface area contributed by atoms with Crippen LogP contribution < -0.4 is 5.32 Å². The van der Waals surface area contributed by atoms with Crippen LogP contribution in [0.3, 0.4) is 0 Å². The molecule has 1 atom stereocenters. The fourth-order valence-electron chi connectivity index (χ4n) is 2.06. The molecular weight excluding hydrogens is 251 g/mol. The van der Waals surface area contributed by atoms with E-state index in [0.717, 1.165) is 37.0 Å². The first-order valence-corrected chi connectivity index (χ1v) is 6.77. The van der Waals surface area contributed by atoms with Crippen LogP contribution in [-0.2, 0) is 6.18 Å². The van der Waals surface area contributed by atoms with Crippen LogP contribution in [0, 0.1) is 0 Å². The Morgan fingerprint density at radius 1 is 1.11 bits per heavy atom. The Labute approximate surface area is 113 Å². The van der Waals surface area contributed by atoms with Gasteiger partial charge in [0.2, 0.25) is 0 Å². The van der Waals surface area contributed by atoms with Gasteiger partial charge in [-0.2, -0.15) is 13.2 Å². The van der Waals surface area contributed by atoms with E-state index < -0.39 is 11.7 Å². The van der Waals surface area contributed by atoms with Crippen molar-refractivity contribution in [3.63, 3.8) is 0 Å². The number of nitrogens with one attached hydrogen (secondary N) is 1. The minimum Gasteiger partial charge on any atom is -0.308 e. The molecule has 1 rings (SSSR count). The van der Waals surface area contributed by atoms with Crippen LogP contribution in [0.25, 0.3) is 0 Å². The predicted molar refractivity (Wildman–Crippen MR) is 72.0 cm³/mol. The Balaban J connectivity index is 2.84. The van der Waals surface area contributed by atoms with Crippen molar-refractivity contribution >= 4 is 0 Å². The zero-order valence-electron chi connectivity index (χ0n) is 11.7. The smallest absolute Gasteiger partial charge is 0.308 e. The topological polar surface area (TPSA) is 12.0 Å². The summed E-state index contributed by atoms with van der Waals surface area (Å²) in [6.45, 7) is 6.20. The van der Waals surface area contributed by atoms with Crippen molar-refractivity contribution in [3.05, 3.63) is 35.4 Å². The van der Waals surface area contributed by atoms with Gasteiger partial charge in [0.15, 0.2) is 0 Å². The molecule has 0 aliphatic heterocycles. The maximum absolute atomic E-state index is 12.5. The standard InChI is InChI=1S/C15H22F3N/c1-4-5-6-14(19-11(2)3)12-7-9-13(10-8-12)15(16,17)18/h7-11,14,19H,4-6H2,1-3H3. The molecule has 1 aromatic carbocycles. The van der Waals surface area contributed by atoms with Gasteiger partial charge in [-0.1, -0.05) is 45.7 Å². The van der Waals surface area contributed by atoms with Crippen LogP contribution >= 0.6 is 0 Å². The monoisotopic (exact) mass is 273 g/mol. The lowest BCUT2D eigenvalue weighted by Gasteiger charge is -2.22. The molecule has 19 heavy (non-hydrogen) atoms. The van der Waals surface area contributed by atoms with E-state index in [4.69, 9.17) is 0 Å². The minimum absolute atomic E-state index is 0.127. The maximum atomic E-state index is 12.5. The second-order valence-electron chi connectivity index (χ2n) is 5.14. The summed E-state index contributed by atoms with van der Waals surface area (Å²) < 4.78 is 37.6. The molecule has 0 bridgehead atoms. The number of hydrogen-bond acceptors (Lipinski definition) is 1. The van der Waals surface area contributed by atoms with Crippen LogP contribution in [0.2, 0.25) is 0 Å². The van der Waals surface area contributed by atoms with Crippen LogP contribution in [0.15, 0.2) is 24.3 Å². The molecule has 0 radical (unpaired) electrons. The first-order valence-electron chi connectivity index (χ1n) is 6.77. The number of halogens is 3. The lowest BCUT2D eigenvalue weighted by molar-refractivity contribution is -0.137. The number of unbranched alkanes of at least 4 members (excludes halogenated alkanes) is 1. The first kappa shape index (κ1) is 16.0. The summed E-state index contributed by atoms with van der Waals surface area (Å²) in [6, 6.07) is 5.93. The zero-order valence-corrected chi connectivity index (χ0v) is 11.7. The summed E-state index contributed by atoms with van der Waals surface area (Å²) in [6.07, 6.45) is -1.18. The van der Waals surface area contributed by atoms with Crippen molar-refractivity contribution in [2.75, 3.05) is 0 Å². The molecule has 0 fully saturated rings. The van der Waals surface area contributed by atoms with E-state index in [1.54, 1.807) is 12.1 Å². The second-order valence-corrected chi connectivity index (χ2v) is 5.14. The van der Waals surface area contributed by atoms with Gasteiger partial charge in [0, 0.05) is 12.1 Å². The van der Waals surface area contributed by atoms with Gasteiger partial charge >= 0.3 is 6.18 Å². The Bertz CT molecular complexity index is 368. The SMILES string of the molecule is CCCCC(NC(C)C)c1ccc(C(F)(F)F)cc1. The number of benzene rings is 1. The second kappa shape index (κ2) is 6.94. The van der Waals surface area contributed by atoms with Crippen molar-refractivity contribution in [2.45, 2.75) is 58.3 Å². The molecule has 0 aliphatic rings. The molecule has 0 heterocycles. The number of hydrogen-bond donors (Lipinski definition) is 1. The molecule has 1 aromatic rings. The summed E-state index contributed by atoms with van der Waals surface area (Å²) in [7, 11) is 0. The lowest BCUT2D eigenvalue weighted by Crippen LogP contribution is -2.28. The van der Waals surface area contributed by atoms with Crippen LogP contribution in [0.5, 0.6) is 0 Å². The highest BCUT2D eigenvalue weighted by atomic mass is 19.4. The fraction of sp³-hybridized carbons (Fsp3) is 0.600. The third-order valence-electron chi connectivity index (χ3n) is 3.02. The van der Waals surface area contributed by atoms with Gasteiger partial charge in [-0.15, -0.1) is 0 Å². The van der Waals surface area contributed by atoms with Crippen molar-refractivity contribution < 1.29 is 13.2 Å². The summed E-state index contributed by atoms with van der Waals surface area (Å²) in [5.41, 5.74) is 0.338. The normalized spacial score (nSPS) is 13.8. The van der Waals surface area contributed by atoms with Gasteiger partial charge in [0.25, 0.3) is 0 Å². The van der Waals surface area contributed by atoms with E-state index in [9.17, 15) is 13.2 Å². The van der Waals surface area contributed by atoms with E-state index in [0.29, 0.717) is 6.04 Å². The average molecular weight is 273 g/mol. The quantitative estimate of drug-likeness (QED) is 0.774. The molecule has 0 saturated heterocycles. The largest absolute Gasteiger partial charge is 0.416 e. The minimum atomic E-state index is -4.26. The third-order valence-corrected chi connectivity index (χ3v) is 3.02. The Kier molecular flexibility index (Phi) is 5.85. The van der Waals surface area contributed by atoms with Crippen LogP contribution in [0.4, 0.5) is 13.2 Å². The Morgan fingerprint density at radius 3 is 2.11 bits per heavy atom.